The second kappa shape index (κ2) is 9.88. The van der Waals surface area contributed by atoms with Crippen molar-refractivity contribution in [3.63, 3.8) is 0 Å². The molecule has 1 fully saturated rings. The van der Waals surface area contributed by atoms with Crippen LogP contribution in [-0.4, -0.2) is 46.2 Å². The fourth-order valence-corrected chi connectivity index (χ4v) is 3.62. The zero-order valence-electron chi connectivity index (χ0n) is 17.1. The van der Waals surface area contributed by atoms with Crippen molar-refractivity contribution in [2.45, 2.75) is 37.8 Å². The van der Waals surface area contributed by atoms with E-state index in [1.54, 1.807) is 24.3 Å². The molecule has 0 aromatic heterocycles. The average Bonchev–Trinajstić information content (AvgIpc) is 2.72. The van der Waals surface area contributed by atoms with Crippen LogP contribution in [0.25, 0.3) is 0 Å². The van der Waals surface area contributed by atoms with Crippen molar-refractivity contribution in [1.82, 2.24) is 10.2 Å². The first-order valence-electron chi connectivity index (χ1n) is 10.1. The Balaban J connectivity index is 1.62. The number of hydrogen-bond acceptors (Lipinski definition) is 4. The molecule has 162 valence electrons. The number of amides is 2. The first-order chi connectivity index (χ1) is 14.9. The van der Waals surface area contributed by atoms with E-state index in [0.717, 1.165) is 11.1 Å². The Morgan fingerprint density at radius 3 is 2.35 bits per heavy atom. The van der Waals surface area contributed by atoms with Gasteiger partial charge in [0.15, 0.2) is 0 Å². The van der Waals surface area contributed by atoms with Gasteiger partial charge in [-0.2, -0.15) is 0 Å². The molecule has 1 aliphatic heterocycles. The maximum absolute atomic E-state index is 13.1. The van der Waals surface area contributed by atoms with Gasteiger partial charge in [0.2, 0.25) is 11.8 Å². The quantitative estimate of drug-likeness (QED) is 0.361. The zero-order chi connectivity index (χ0) is 22.4. The summed E-state index contributed by atoms with van der Waals surface area (Å²) >= 11 is 0. The summed E-state index contributed by atoms with van der Waals surface area (Å²) in [5.74, 6) is -2.02. The molecule has 2 aromatic rings. The van der Waals surface area contributed by atoms with E-state index < -0.39 is 17.9 Å². The van der Waals surface area contributed by atoms with Crippen LogP contribution in [0.15, 0.2) is 54.6 Å². The lowest BCUT2D eigenvalue weighted by atomic mass is 9.89. The highest BCUT2D eigenvalue weighted by Gasteiger charge is 2.40. The number of aliphatic carboxylic acids is 1. The number of hydrogen-bond donors (Lipinski definition) is 4. The van der Waals surface area contributed by atoms with Gasteiger partial charge in [-0.15, -0.1) is 0 Å². The van der Waals surface area contributed by atoms with Crippen LogP contribution in [0.3, 0.4) is 0 Å². The number of amidine groups is 1. The summed E-state index contributed by atoms with van der Waals surface area (Å²) in [6.45, 7) is 0.775. The Kier molecular flexibility index (Phi) is 7.02. The summed E-state index contributed by atoms with van der Waals surface area (Å²) in [4.78, 5) is 38.4. The number of carboxylic acid groups (broad SMARTS) is 1. The molecule has 0 radical (unpaired) electrons. The van der Waals surface area contributed by atoms with Crippen LogP contribution in [0, 0.1) is 5.41 Å². The van der Waals surface area contributed by atoms with Crippen LogP contribution in [0.4, 0.5) is 0 Å². The lowest BCUT2D eigenvalue weighted by Crippen LogP contribution is -2.59. The lowest BCUT2D eigenvalue weighted by Gasteiger charge is -2.41. The van der Waals surface area contributed by atoms with Crippen LogP contribution < -0.4 is 11.1 Å². The fourth-order valence-electron chi connectivity index (χ4n) is 3.62. The minimum absolute atomic E-state index is 0.0184. The summed E-state index contributed by atoms with van der Waals surface area (Å²) in [6.07, 6.45) is 0.638. The molecule has 5 N–H and O–H groups in total. The van der Waals surface area contributed by atoms with E-state index in [1.807, 2.05) is 30.3 Å². The summed E-state index contributed by atoms with van der Waals surface area (Å²) in [5.41, 5.74) is 7.67. The normalized spacial score (nSPS) is 16.1. The average molecular weight is 422 g/mol. The Hall–Kier alpha value is -3.68. The molecule has 2 atom stereocenters. The van der Waals surface area contributed by atoms with Crippen LogP contribution in [-0.2, 0) is 20.9 Å². The topological polar surface area (TPSA) is 137 Å². The number of nitrogens with zero attached hydrogens (tertiary/aromatic N) is 1. The first kappa shape index (κ1) is 22.0. The van der Waals surface area contributed by atoms with E-state index in [9.17, 15) is 14.4 Å². The predicted octanol–water partition coefficient (Wildman–Crippen LogP) is 1.84. The number of nitrogen functional groups attached to an aromatic ring is 1. The van der Waals surface area contributed by atoms with Gasteiger partial charge in [0.1, 0.15) is 11.9 Å². The van der Waals surface area contributed by atoms with Crippen molar-refractivity contribution in [2.24, 2.45) is 5.73 Å². The molecule has 8 nitrogen and oxygen atoms in total. The second-order valence-corrected chi connectivity index (χ2v) is 7.56. The molecule has 2 aromatic carbocycles. The number of carbonyl (C=O) groups is 3. The smallest absolute Gasteiger partial charge is 0.303 e. The maximum atomic E-state index is 13.1. The molecule has 0 bridgehead atoms. The third-order valence-corrected chi connectivity index (χ3v) is 5.48. The Bertz CT molecular complexity index is 959. The van der Waals surface area contributed by atoms with Crippen molar-refractivity contribution in [1.29, 1.82) is 5.41 Å². The number of carbonyl (C=O) groups excluding carboxylic acids is 2. The van der Waals surface area contributed by atoms with Crippen molar-refractivity contribution in [3.8, 4) is 0 Å². The van der Waals surface area contributed by atoms with E-state index in [4.69, 9.17) is 16.2 Å². The molecule has 0 unspecified atom stereocenters. The monoisotopic (exact) mass is 422 g/mol. The number of likely N-dealkylation sites (tertiary alicyclic amines) is 1. The molecular weight excluding hydrogens is 396 g/mol. The van der Waals surface area contributed by atoms with Crippen molar-refractivity contribution in [3.05, 3.63) is 71.3 Å². The third-order valence-electron chi connectivity index (χ3n) is 5.48. The molecule has 3 rings (SSSR count). The van der Waals surface area contributed by atoms with Crippen molar-refractivity contribution in [2.75, 3.05) is 6.54 Å². The van der Waals surface area contributed by atoms with E-state index in [-0.39, 0.29) is 30.5 Å². The van der Waals surface area contributed by atoms with Crippen LogP contribution in [0.5, 0.6) is 0 Å². The number of carboxylic acids is 1. The van der Waals surface area contributed by atoms with E-state index in [1.165, 1.54) is 4.90 Å². The maximum Gasteiger partial charge on any atom is 0.303 e. The van der Waals surface area contributed by atoms with Crippen LogP contribution >= 0.6 is 0 Å². The van der Waals surface area contributed by atoms with Gasteiger partial charge in [0.25, 0.3) is 0 Å². The summed E-state index contributed by atoms with van der Waals surface area (Å²) in [5, 5.41) is 19.3. The van der Waals surface area contributed by atoms with Gasteiger partial charge in [0.05, 0.1) is 5.92 Å². The Morgan fingerprint density at radius 1 is 1.13 bits per heavy atom. The Morgan fingerprint density at radius 2 is 1.81 bits per heavy atom. The number of nitrogens with one attached hydrogen (secondary N) is 2. The van der Waals surface area contributed by atoms with Gasteiger partial charge >= 0.3 is 5.97 Å². The van der Waals surface area contributed by atoms with Crippen LogP contribution in [0.2, 0.25) is 0 Å². The Labute approximate surface area is 180 Å². The van der Waals surface area contributed by atoms with Crippen molar-refractivity contribution >= 4 is 23.6 Å². The van der Waals surface area contributed by atoms with Gasteiger partial charge in [0, 0.05) is 25.1 Å². The van der Waals surface area contributed by atoms with Crippen LogP contribution in [0.1, 0.15) is 41.9 Å². The fraction of sp³-hybridized carbons (Fsp3) is 0.304. The molecule has 0 aliphatic carbocycles. The standard InChI is InChI=1S/C23H26N4O4/c24-21(25)17-8-6-15(7-9-17)14-26-22(30)19-12-13-27(19)23(31)18(10-11-20(28)29)16-4-2-1-3-5-16/h1-9,18-19H,10-14H2,(H3,24,25)(H,26,30)(H,28,29)/t18-,19+/m1/s1. The molecule has 1 saturated heterocycles. The molecule has 0 saturated carbocycles. The van der Waals surface area contributed by atoms with Crippen molar-refractivity contribution < 1.29 is 19.5 Å². The minimum Gasteiger partial charge on any atom is -0.481 e. The number of nitrogens with two attached hydrogens (primary N) is 1. The third kappa shape index (κ3) is 5.48. The second-order valence-electron chi connectivity index (χ2n) is 7.56. The molecule has 8 heteroatoms. The highest BCUT2D eigenvalue weighted by molar-refractivity contribution is 5.95. The number of benzene rings is 2. The highest BCUT2D eigenvalue weighted by atomic mass is 16.4. The molecule has 1 heterocycles. The minimum atomic E-state index is -0.956. The summed E-state index contributed by atoms with van der Waals surface area (Å²) < 4.78 is 0. The highest BCUT2D eigenvalue weighted by Crippen LogP contribution is 2.29. The predicted molar refractivity (Wildman–Crippen MR) is 115 cm³/mol. The van der Waals surface area contributed by atoms with Gasteiger partial charge in [-0.05, 0) is 24.0 Å². The van der Waals surface area contributed by atoms with E-state index in [0.29, 0.717) is 25.1 Å². The largest absolute Gasteiger partial charge is 0.481 e. The van der Waals surface area contributed by atoms with Gasteiger partial charge in [-0.25, -0.2) is 0 Å². The van der Waals surface area contributed by atoms with Gasteiger partial charge in [-0.1, -0.05) is 54.6 Å². The SMILES string of the molecule is N=C(N)c1ccc(CNC(=O)[C@@H]2CCN2C(=O)[C@H](CCC(=O)O)c2ccccc2)cc1. The van der Waals surface area contributed by atoms with E-state index in [2.05, 4.69) is 5.32 Å². The van der Waals surface area contributed by atoms with E-state index >= 15 is 0 Å². The summed E-state index contributed by atoms with van der Waals surface area (Å²) in [6, 6.07) is 15.5. The number of rotatable bonds is 9. The molecule has 31 heavy (non-hydrogen) atoms. The summed E-state index contributed by atoms with van der Waals surface area (Å²) in [7, 11) is 0. The van der Waals surface area contributed by atoms with Gasteiger partial charge < -0.3 is 21.1 Å². The lowest BCUT2D eigenvalue weighted by molar-refractivity contribution is -0.149. The van der Waals surface area contributed by atoms with Gasteiger partial charge in [-0.3, -0.25) is 19.8 Å². The first-order valence-corrected chi connectivity index (χ1v) is 10.1. The molecular formula is C23H26N4O4. The molecule has 1 aliphatic rings. The molecule has 2 amide bonds. The molecule has 0 spiro atoms. The zero-order valence-corrected chi connectivity index (χ0v) is 17.1.